The number of halogens is 3. The predicted molar refractivity (Wildman–Crippen MR) is 93.7 cm³/mol. The second-order valence-corrected chi connectivity index (χ2v) is 7.12. The number of nitrogens with zero attached hydrogens (tertiary/aromatic N) is 1. The molecule has 2 aliphatic heterocycles. The highest BCUT2D eigenvalue weighted by Gasteiger charge is 2.45. The second kappa shape index (κ2) is 8.27. The molecule has 0 spiro atoms. The predicted octanol–water partition coefficient (Wildman–Crippen LogP) is 5.29. The molecule has 2 aliphatic rings. The third kappa shape index (κ3) is 4.78. The molecule has 152 valence electrons. The normalized spacial score (nSPS) is 20.9. The summed E-state index contributed by atoms with van der Waals surface area (Å²) >= 11 is 0. The number of carbonyl (C=O) groups excluding carboxylic acids is 1. The van der Waals surface area contributed by atoms with E-state index in [9.17, 15) is 18.0 Å². The highest BCUT2D eigenvalue weighted by Crippen LogP contribution is 2.47. The number of amides is 1. The molecule has 3 rings (SSSR count). The molecule has 0 aliphatic carbocycles. The largest absolute Gasteiger partial charge is 0.487 e. The van der Waals surface area contributed by atoms with Crippen LogP contribution in [0, 0.1) is 5.82 Å². The fraction of sp³-hybridized carbons (Fsp3) is 0.632. The number of ether oxygens (including phenoxy) is 3. The van der Waals surface area contributed by atoms with E-state index in [4.69, 9.17) is 9.47 Å². The van der Waals surface area contributed by atoms with Gasteiger partial charge in [0.1, 0.15) is 23.5 Å². The standard InChI is InChI=1S/C17H20F3NO4.C2H6/c1-17(2,3)25-16(22)21-6-4-5-11-14(21)9-7-10(18)13(24-15(19)20)8-12(9)23-11;1-2/h7-8,11,14-15H,4-6H2,1-3H3;1-2H3/t11?,14-;/m0./s1. The van der Waals surface area contributed by atoms with Gasteiger partial charge in [-0.25, -0.2) is 9.18 Å². The molecule has 0 N–H and O–H groups in total. The monoisotopic (exact) mass is 389 g/mol. The molecule has 27 heavy (non-hydrogen) atoms. The van der Waals surface area contributed by atoms with Crippen molar-refractivity contribution in [2.24, 2.45) is 0 Å². The van der Waals surface area contributed by atoms with E-state index in [-0.39, 0.29) is 11.9 Å². The molecular weight excluding hydrogens is 363 g/mol. The van der Waals surface area contributed by atoms with Crippen LogP contribution in [0.25, 0.3) is 0 Å². The van der Waals surface area contributed by atoms with Gasteiger partial charge < -0.3 is 14.2 Å². The molecule has 0 radical (unpaired) electrons. The van der Waals surface area contributed by atoms with E-state index < -0.39 is 35.9 Å². The van der Waals surface area contributed by atoms with Crippen LogP contribution >= 0.6 is 0 Å². The number of fused-ring (bicyclic) bond motifs is 3. The van der Waals surface area contributed by atoms with Crippen LogP contribution in [-0.2, 0) is 4.74 Å². The van der Waals surface area contributed by atoms with E-state index in [0.717, 1.165) is 12.1 Å². The molecule has 1 amide bonds. The van der Waals surface area contributed by atoms with Crippen LogP contribution in [0.1, 0.15) is 59.1 Å². The third-order valence-electron chi connectivity index (χ3n) is 4.08. The summed E-state index contributed by atoms with van der Waals surface area (Å²) in [6, 6.07) is 1.71. The topological polar surface area (TPSA) is 48.0 Å². The third-order valence-corrected chi connectivity index (χ3v) is 4.08. The minimum absolute atomic E-state index is 0.252. The first-order valence-electron chi connectivity index (χ1n) is 9.10. The van der Waals surface area contributed by atoms with Crippen molar-refractivity contribution < 1.29 is 32.2 Å². The minimum atomic E-state index is -3.13. The van der Waals surface area contributed by atoms with E-state index in [0.29, 0.717) is 24.9 Å². The highest BCUT2D eigenvalue weighted by atomic mass is 19.3. The maximum absolute atomic E-state index is 14.1. The molecule has 2 heterocycles. The zero-order chi connectivity index (χ0) is 20.4. The number of rotatable bonds is 2. The van der Waals surface area contributed by atoms with Crippen molar-refractivity contribution in [2.75, 3.05) is 6.54 Å². The molecule has 0 bridgehead atoms. The fourth-order valence-corrected chi connectivity index (χ4v) is 3.21. The van der Waals surface area contributed by atoms with Gasteiger partial charge in [-0.2, -0.15) is 8.78 Å². The number of alkyl halides is 2. The van der Waals surface area contributed by atoms with Crippen molar-refractivity contribution in [1.29, 1.82) is 0 Å². The Morgan fingerprint density at radius 2 is 1.96 bits per heavy atom. The van der Waals surface area contributed by atoms with Gasteiger partial charge in [-0.05, 0) is 39.7 Å². The van der Waals surface area contributed by atoms with Crippen molar-refractivity contribution in [3.8, 4) is 11.5 Å². The number of likely N-dealkylation sites (tertiary alicyclic amines) is 1. The van der Waals surface area contributed by atoms with Gasteiger partial charge in [0.05, 0.1) is 0 Å². The van der Waals surface area contributed by atoms with Crippen LogP contribution < -0.4 is 9.47 Å². The minimum Gasteiger partial charge on any atom is -0.487 e. The van der Waals surface area contributed by atoms with Gasteiger partial charge in [-0.15, -0.1) is 0 Å². The van der Waals surface area contributed by atoms with E-state index in [1.807, 2.05) is 13.8 Å². The van der Waals surface area contributed by atoms with Gasteiger partial charge in [0.2, 0.25) is 0 Å². The Morgan fingerprint density at radius 3 is 2.56 bits per heavy atom. The summed E-state index contributed by atoms with van der Waals surface area (Å²) in [6.45, 7) is 6.61. The Bertz CT molecular complexity index is 676. The maximum atomic E-state index is 14.1. The van der Waals surface area contributed by atoms with Gasteiger partial charge >= 0.3 is 12.7 Å². The van der Waals surface area contributed by atoms with Gasteiger partial charge in [-0.3, -0.25) is 4.90 Å². The molecule has 0 saturated carbocycles. The number of benzene rings is 1. The zero-order valence-electron chi connectivity index (χ0n) is 16.2. The Kier molecular flexibility index (Phi) is 6.49. The molecule has 1 aromatic carbocycles. The van der Waals surface area contributed by atoms with Crippen LogP contribution in [0.3, 0.4) is 0 Å². The lowest BCUT2D eigenvalue weighted by atomic mass is 9.94. The van der Waals surface area contributed by atoms with Crippen LogP contribution in [0.4, 0.5) is 18.0 Å². The maximum Gasteiger partial charge on any atom is 0.410 e. The van der Waals surface area contributed by atoms with Crippen molar-refractivity contribution in [3.63, 3.8) is 0 Å². The first-order chi connectivity index (χ1) is 12.7. The summed E-state index contributed by atoms with van der Waals surface area (Å²) in [5, 5.41) is 0. The number of hydrogen-bond acceptors (Lipinski definition) is 4. The molecule has 5 nitrogen and oxygen atoms in total. The first kappa shape index (κ1) is 21.2. The van der Waals surface area contributed by atoms with E-state index >= 15 is 0 Å². The summed E-state index contributed by atoms with van der Waals surface area (Å²) in [4.78, 5) is 14.0. The second-order valence-electron chi connectivity index (χ2n) is 7.12. The van der Waals surface area contributed by atoms with Crippen molar-refractivity contribution in [3.05, 3.63) is 23.5 Å². The van der Waals surface area contributed by atoms with Gasteiger partial charge in [-0.1, -0.05) is 13.8 Å². The van der Waals surface area contributed by atoms with Gasteiger partial charge in [0.15, 0.2) is 11.6 Å². The lowest BCUT2D eigenvalue weighted by molar-refractivity contribution is -0.0523. The molecule has 2 atom stereocenters. The van der Waals surface area contributed by atoms with E-state index in [1.54, 1.807) is 20.8 Å². The molecule has 1 aromatic rings. The number of hydrogen-bond donors (Lipinski definition) is 0. The molecule has 1 saturated heterocycles. The van der Waals surface area contributed by atoms with E-state index in [2.05, 4.69) is 4.74 Å². The summed E-state index contributed by atoms with van der Waals surface area (Å²) < 4.78 is 54.2. The average molecular weight is 389 g/mol. The van der Waals surface area contributed by atoms with Gasteiger partial charge in [0.25, 0.3) is 0 Å². The number of piperidine rings is 1. The smallest absolute Gasteiger partial charge is 0.410 e. The zero-order valence-corrected chi connectivity index (χ0v) is 16.2. The molecule has 1 fully saturated rings. The highest BCUT2D eigenvalue weighted by molar-refractivity contribution is 5.70. The summed E-state index contributed by atoms with van der Waals surface area (Å²) in [5.74, 6) is -1.24. The van der Waals surface area contributed by atoms with Crippen LogP contribution in [0.15, 0.2) is 12.1 Å². The fourth-order valence-electron chi connectivity index (χ4n) is 3.21. The van der Waals surface area contributed by atoms with Crippen LogP contribution in [-0.4, -0.2) is 35.9 Å². The first-order valence-corrected chi connectivity index (χ1v) is 9.10. The Labute approximate surface area is 157 Å². The quantitative estimate of drug-likeness (QED) is 0.690. The molecule has 0 aromatic heterocycles. The SMILES string of the molecule is CC.CC(C)(C)OC(=O)N1CCCC2Oc3cc(OC(F)F)c(F)cc3[C@@H]21. The van der Waals surface area contributed by atoms with Crippen molar-refractivity contribution >= 4 is 6.09 Å². The summed E-state index contributed by atoms with van der Waals surface area (Å²) in [6.07, 6.45) is 0.507. The van der Waals surface area contributed by atoms with Crippen molar-refractivity contribution in [1.82, 2.24) is 4.90 Å². The van der Waals surface area contributed by atoms with Crippen LogP contribution in [0.5, 0.6) is 11.5 Å². The summed E-state index contributed by atoms with van der Waals surface area (Å²) in [5.41, 5.74) is -0.221. The molecule has 1 unspecified atom stereocenters. The van der Waals surface area contributed by atoms with E-state index in [1.165, 1.54) is 4.90 Å². The molecule has 8 heteroatoms. The summed E-state index contributed by atoms with van der Waals surface area (Å²) in [7, 11) is 0. The van der Waals surface area contributed by atoms with Gasteiger partial charge in [0, 0.05) is 18.2 Å². The van der Waals surface area contributed by atoms with Crippen LogP contribution in [0.2, 0.25) is 0 Å². The molecular formula is C19H26F3NO4. The lowest BCUT2D eigenvalue weighted by Crippen LogP contribution is -2.46. The average Bonchev–Trinajstić information content (AvgIpc) is 2.92. The lowest BCUT2D eigenvalue weighted by Gasteiger charge is -2.37. The van der Waals surface area contributed by atoms with Crippen molar-refractivity contribution in [2.45, 2.75) is 71.8 Å². The Balaban J connectivity index is 0.00000126. The number of carbonyl (C=O) groups is 1. The Morgan fingerprint density at radius 1 is 1.30 bits per heavy atom. The Hall–Kier alpha value is -2.12.